The fraction of sp³-hybridized carbons (Fsp3) is 0.973. The van der Waals surface area contributed by atoms with Crippen molar-refractivity contribution >= 4 is 5.97 Å². The summed E-state index contributed by atoms with van der Waals surface area (Å²) in [6, 6.07) is 0. The second-order valence-electron chi connectivity index (χ2n) is 12.8. The molecule has 0 bridgehead atoms. The summed E-state index contributed by atoms with van der Waals surface area (Å²) >= 11 is 0. The van der Waals surface area contributed by atoms with Crippen LogP contribution in [-0.2, 0) is 19.0 Å². The predicted octanol–water partition coefficient (Wildman–Crippen LogP) is 10.9. The standard InChI is InChI=1S/C37H74O5/c1-5-9-13-15-17-21-30-40-37(41-31-22-18-16-14-10-6-2)29-28-36(39)42-33-35(32-38)27-23-26-34(24-19-11-7-3)25-20-12-8-4/h34-35,37-38H,5-33H2,1-4H3. The van der Waals surface area contributed by atoms with Crippen LogP contribution >= 0.6 is 0 Å². The van der Waals surface area contributed by atoms with Gasteiger partial charge in [0, 0.05) is 32.2 Å². The summed E-state index contributed by atoms with van der Waals surface area (Å²) < 4.78 is 17.7. The molecular weight excluding hydrogens is 524 g/mol. The lowest BCUT2D eigenvalue weighted by molar-refractivity contribution is -0.160. The van der Waals surface area contributed by atoms with Gasteiger partial charge in [0.25, 0.3) is 0 Å². The third-order valence-electron chi connectivity index (χ3n) is 8.58. The normalized spacial score (nSPS) is 12.5. The largest absolute Gasteiger partial charge is 0.465 e. The van der Waals surface area contributed by atoms with E-state index < -0.39 is 0 Å². The number of aliphatic hydroxyl groups excluding tert-OH is 1. The van der Waals surface area contributed by atoms with Gasteiger partial charge in [-0.1, -0.05) is 156 Å². The lowest BCUT2D eigenvalue weighted by atomic mass is 9.89. The highest BCUT2D eigenvalue weighted by atomic mass is 16.7. The molecule has 0 radical (unpaired) electrons. The molecule has 1 unspecified atom stereocenters. The molecular formula is C37H74O5. The quantitative estimate of drug-likeness (QED) is 0.0453. The van der Waals surface area contributed by atoms with Crippen molar-refractivity contribution in [1.82, 2.24) is 0 Å². The number of hydrogen-bond donors (Lipinski definition) is 1. The SMILES string of the molecule is CCCCCCCCOC(CCC(=O)OCC(CO)CCCC(CCCCC)CCCCC)OCCCCCCCC. The van der Waals surface area contributed by atoms with Gasteiger partial charge in [-0.25, -0.2) is 0 Å². The molecule has 1 atom stereocenters. The van der Waals surface area contributed by atoms with Gasteiger partial charge in [-0.2, -0.15) is 0 Å². The van der Waals surface area contributed by atoms with Crippen LogP contribution in [0.15, 0.2) is 0 Å². The molecule has 0 aromatic rings. The molecule has 0 spiro atoms. The Balaban J connectivity index is 4.42. The molecule has 0 aromatic carbocycles. The summed E-state index contributed by atoms with van der Waals surface area (Å²) in [6.45, 7) is 10.8. The molecule has 0 heterocycles. The van der Waals surface area contributed by atoms with E-state index in [1.54, 1.807) is 0 Å². The molecule has 0 saturated carbocycles. The molecule has 252 valence electrons. The molecule has 0 aromatic heterocycles. The molecule has 0 rings (SSSR count). The Hall–Kier alpha value is -0.650. The second-order valence-corrected chi connectivity index (χ2v) is 12.8. The summed E-state index contributed by atoms with van der Waals surface area (Å²) in [4.78, 5) is 12.6. The Morgan fingerprint density at radius 1 is 0.524 bits per heavy atom. The molecule has 0 saturated heterocycles. The average molecular weight is 599 g/mol. The van der Waals surface area contributed by atoms with Crippen LogP contribution < -0.4 is 0 Å². The molecule has 42 heavy (non-hydrogen) atoms. The van der Waals surface area contributed by atoms with Gasteiger partial charge < -0.3 is 19.3 Å². The van der Waals surface area contributed by atoms with Gasteiger partial charge in [0.1, 0.15) is 0 Å². The third kappa shape index (κ3) is 28.1. The van der Waals surface area contributed by atoms with Crippen molar-refractivity contribution in [2.24, 2.45) is 11.8 Å². The topological polar surface area (TPSA) is 65.0 Å². The molecule has 1 N–H and O–H groups in total. The fourth-order valence-corrected chi connectivity index (χ4v) is 5.65. The average Bonchev–Trinajstić information content (AvgIpc) is 3.00. The second kappa shape index (κ2) is 33.2. The Morgan fingerprint density at radius 2 is 0.952 bits per heavy atom. The predicted molar refractivity (Wildman–Crippen MR) is 179 cm³/mol. The summed E-state index contributed by atoms with van der Waals surface area (Å²) in [5.74, 6) is 0.626. The van der Waals surface area contributed by atoms with Crippen molar-refractivity contribution in [2.45, 2.75) is 195 Å². The van der Waals surface area contributed by atoms with Crippen LogP contribution in [-0.4, -0.2) is 43.8 Å². The van der Waals surface area contributed by atoms with Crippen LogP contribution in [0.5, 0.6) is 0 Å². The lowest BCUT2D eigenvalue weighted by Crippen LogP contribution is -2.22. The van der Waals surface area contributed by atoms with Crippen LogP contribution in [0, 0.1) is 11.8 Å². The van der Waals surface area contributed by atoms with Crippen LogP contribution in [0.1, 0.15) is 188 Å². The summed E-state index contributed by atoms with van der Waals surface area (Å²) in [6.07, 6.45) is 29.0. The first kappa shape index (κ1) is 41.4. The smallest absolute Gasteiger partial charge is 0.305 e. The zero-order chi connectivity index (χ0) is 30.9. The first-order chi connectivity index (χ1) is 20.6. The van der Waals surface area contributed by atoms with Gasteiger partial charge in [0.05, 0.1) is 13.0 Å². The highest BCUT2D eigenvalue weighted by Gasteiger charge is 2.16. The lowest BCUT2D eigenvalue weighted by Gasteiger charge is -2.20. The number of esters is 1. The van der Waals surface area contributed by atoms with Gasteiger partial charge in [-0.05, 0) is 25.2 Å². The maximum Gasteiger partial charge on any atom is 0.305 e. The highest BCUT2D eigenvalue weighted by molar-refractivity contribution is 5.69. The van der Waals surface area contributed by atoms with E-state index in [1.807, 2.05) is 0 Å². The number of rotatable bonds is 34. The van der Waals surface area contributed by atoms with Crippen molar-refractivity contribution < 1.29 is 24.1 Å². The van der Waals surface area contributed by atoms with Crippen molar-refractivity contribution in [3.63, 3.8) is 0 Å². The van der Waals surface area contributed by atoms with E-state index in [2.05, 4.69) is 27.7 Å². The van der Waals surface area contributed by atoms with Crippen LogP contribution in [0.2, 0.25) is 0 Å². The van der Waals surface area contributed by atoms with E-state index in [-0.39, 0.29) is 24.8 Å². The molecule has 5 heteroatoms. The minimum atomic E-state index is -0.338. The first-order valence-electron chi connectivity index (χ1n) is 18.6. The van der Waals surface area contributed by atoms with Gasteiger partial charge in [0.2, 0.25) is 0 Å². The van der Waals surface area contributed by atoms with Crippen molar-refractivity contribution in [3.8, 4) is 0 Å². The Morgan fingerprint density at radius 3 is 1.45 bits per heavy atom. The van der Waals surface area contributed by atoms with E-state index in [1.165, 1.54) is 122 Å². The Kier molecular flexibility index (Phi) is 32.7. The number of carbonyl (C=O) groups excluding carboxylic acids is 1. The van der Waals surface area contributed by atoms with E-state index in [9.17, 15) is 9.90 Å². The van der Waals surface area contributed by atoms with E-state index in [4.69, 9.17) is 14.2 Å². The Bertz CT molecular complexity index is 512. The summed E-state index contributed by atoms with van der Waals surface area (Å²) in [7, 11) is 0. The van der Waals surface area contributed by atoms with Gasteiger partial charge in [0.15, 0.2) is 6.29 Å². The third-order valence-corrected chi connectivity index (χ3v) is 8.58. The van der Waals surface area contributed by atoms with Gasteiger partial charge in [-0.15, -0.1) is 0 Å². The molecule has 0 aliphatic heterocycles. The van der Waals surface area contributed by atoms with Crippen LogP contribution in [0.4, 0.5) is 0 Å². The van der Waals surface area contributed by atoms with E-state index >= 15 is 0 Å². The summed E-state index contributed by atoms with van der Waals surface area (Å²) in [5, 5.41) is 9.91. The molecule has 0 amide bonds. The van der Waals surface area contributed by atoms with Gasteiger partial charge in [-0.3, -0.25) is 4.79 Å². The maximum absolute atomic E-state index is 12.6. The van der Waals surface area contributed by atoms with E-state index in [0.717, 1.165) is 31.6 Å². The highest BCUT2D eigenvalue weighted by Crippen LogP contribution is 2.24. The molecule has 0 aliphatic rings. The monoisotopic (exact) mass is 599 g/mol. The number of hydrogen-bond acceptors (Lipinski definition) is 5. The first-order valence-corrected chi connectivity index (χ1v) is 18.6. The number of carbonyl (C=O) groups is 1. The van der Waals surface area contributed by atoms with E-state index in [0.29, 0.717) is 32.7 Å². The number of unbranched alkanes of at least 4 members (excludes halogenated alkanes) is 14. The number of ether oxygens (including phenoxy) is 3. The van der Waals surface area contributed by atoms with Crippen molar-refractivity contribution in [2.75, 3.05) is 26.4 Å². The summed E-state index contributed by atoms with van der Waals surface area (Å²) in [5.41, 5.74) is 0. The van der Waals surface area contributed by atoms with Gasteiger partial charge >= 0.3 is 5.97 Å². The maximum atomic E-state index is 12.6. The molecule has 0 aliphatic carbocycles. The Labute approximate surface area is 262 Å². The molecule has 5 nitrogen and oxygen atoms in total. The zero-order valence-electron chi connectivity index (χ0n) is 28.8. The van der Waals surface area contributed by atoms with Crippen LogP contribution in [0.3, 0.4) is 0 Å². The fourth-order valence-electron chi connectivity index (χ4n) is 5.65. The zero-order valence-corrected chi connectivity index (χ0v) is 28.8. The number of aliphatic hydroxyl groups is 1. The van der Waals surface area contributed by atoms with Crippen molar-refractivity contribution in [1.29, 1.82) is 0 Å². The molecule has 0 fully saturated rings. The van der Waals surface area contributed by atoms with Crippen LogP contribution in [0.25, 0.3) is 0 Å². The van der Waals surface area contributed by atoms with Crippen molar-refractivity contribution in [3.05, 3.63) is 0 Å². The minimum absolute atomic E-state index is 0.0320. The minimum Gasteiger partial charge on any atom is -0.465 e.